The zero-order valence-corrected chi connectivity index (χ0v) is 11.7. The third-order valence-electron chi connectivity index (χ3n) is 3.10. The van der Waals surface area contributed by atoms with E-state index in [-0.39, 0.29) is 0 Å². The number of piperazine rings is 1. The van der Waals surface area contributed by atoms with Crippen molar-refractivity contribution in [3.63, 3.8) is 0 Å². The Hall–Kier alpha value is -0.770. The van der Waals surface area contributed by atoms with Gasteiger partial charge in [-0.2, -0.15) is 0 Å². The molecule has 0 saturated carbocycles. The molecule has 0 amide bonds. The van der Waals surface area contributed by atoms with Crippen molar-refractivity contribution in [3.8, 4) is 5.75 Å². The van der Waals surface area contributed by atoms with Gasteiger partial charge in [0.25, 0.3) is 0 Å². The lowest BCUT2D eigenvalue weighted by Crippen LogP contribution is -2.42. The summed E-state index contributed by atoms with van der Waals surface area (Å²) in [5, 5.41) is 4.16. The molecule has 1 N–H and O–H groups in total. The van der Waals surface area contributed by atoms with Crippen LogP contribution in [0.15, 0.2) is 18.2 Å². The Kier molecular flexibility index (Phi) is 5.29. The summed E-state index contributed by atoms with van der Waals surface area (Å²) >= 11 is 6.31. The topological polar surface area (TPSA) is 24.5 Å². The van der Waals surface area contributed by atoms with Crippen LogP contribution < -0.4 is 10.1 Å². The molecule has 100 valence electrons. The highest BCUT2D eigenvalue weighted by Gasteiger charge is 2.12. The van der Waals surface area contributed by atoms with Gasteiger partial charge in [0, 0.05) is 37.7 Å². The lowest BCUT2D eigenvalue weighted by atomic mass is 10.2. The molecule has 1 fully saturated rings. The van der Waals surface area contributed by atoms with E-state index < -0.39 is 0 Å². The van der Waals surface area contributed by atoms with E-state index in [9.17, 15) is 0 Å². The molecule has 18 heavy (non-hydrogen) atoms. The molecular formula is C14H21ClN2O. The third kappa shape index (κ3) is 3.87. The summed E-state index contributed by atoms with van der Waals surface area (Å²) in [6, 6.07) is 6.02. The van der Waals surface area contributed by atoms with Crippen molar-refractivity contribution in [3.05, 3.63) is 28.8 Å². The zero-order chi connectivity index (χ0) is 12.8. The van der Waals surface area contributed by atoms with Crippen LogP contribution in [0.3, 0.4) is 0 Å². The Labute approximate surface area is 114 Å². The average molecular weight is 269 g/mol. The van der Waals surface area contributed by atoms with Crippen LogP contribution in [0, 0.1) is 0 Å². The fraction of sp³-hybridized carbons (Fsp3) is 0.571. The summed E-state index contributed by atoms with van der Waals surface area (Å²) in [4.78, 5) is 2.42. The quantitative estimate of drug-likeness (QED) is 0.888. The number of nitrogens with one attached hydrogen (secondary N) is 1. The van der Waals surface area contributed by atoms with Crippen molar-refractivity contribution in [1.29, 1.82) is 0 Å². The summed E-state index contributed by atoms with van der Waals surface area (Å²) in [6.07, 6.45) is 1.01. The fourth-order valence-corrected chi connectivity index (χ4v) is 2.31. The van der Waals surface area contributed by atoms with E-state index in [1.54, 1.807) is 0 Å². The molecule has 0 unspecified atom stereocenters. The Balaban J connectivity index is 1.95. The lowest BCUT2D eigenvalue weighted by molar-refractivity contribution is 0.233. The van der Waals surface area contributed by atoms with Crippen LogP contribution in [0.1, 0.15) is 18.9 Å². The predicted molar refractivity (Wildman–Crippen MR) is 75.4 cm³/mol. The second-order valence-corrected chi connectivity index (χ2v) is 5.04. The van der Waals surface area contributed by atoms with Gasteiger partial charge in [-0.05, 0) is 24.1 Å². The first-order valence-corrected chi connectivity index (χ1v) is 7.01. The number of halogens is 1. The number of nitrogens with zero attached hydrogens (tertiary/aromatic N) is 1. The van der Waals surface area contributed by atoms with Crippen LogP contribution in [0.4, 0.5) is 0 Å². The minimum atomic E-state index is 0.744. The summed E-state index contributed by atoms with van der Waals surface area (Å²) in [6.45, 7) is 8.07. The van der Waals surface area contributed by atoms with Crippen molar-refractivity contribution in [2.24, 2.45) is 0 Å². The maximum Gasteiger partial charge on any atom is 0.120 e. The number of benzene rings is 1. The van der Waals surface area contributed by atoms with Gasteiger partial charge in [0.05, 0.1) is 6.61 Å². The lowest BCUT2D eigenvalue weighted by Gasteiger charge is -2.27. The van der Waals surface area contributed by atoms with E-state index in [1.807, 2.05) is 12.1 Å². The van der Waals surface area contributed by atoms with Crippen molar-refractivity contribution < 1.29 is 4.74 Å². The minimum Gasteiger partial charge on any atom is -0.494 e. The second-order valence-electron chi connectivity index (χ2n) is 4.63. The third-order valence-corrected chi connectivity index (χ3v) is 3.45. The van der Waals surface area contributed by atoms with Crippen molar-refractivity contribution >= 4 is 11.6 Å². The van der Waals surface area contributed by atoms with Gasteiger partial charge in [0.1, 0.15) is 5.75 Å². The van der Waals surface area contributed by atoms with Gasteiger partial charge in [-0.1, -0.05) is 24.6 Å². The maximum atomic E-state index is 6.31. The van der Waals surface area contributed by atoms with Gasteiger partial charge >= 0.3 is 0 Å². The first-order valence-electron chi connectivity index (χ1n) is 6.64. The monoisotopic (exact) mass is 268 g/mol. The molecule has 0 aromatic heterocycles. The van der Waals surface area contributed by atoms with E-state index in [0.29, 0.717) is 0 Å². The van der Waals surface area contributed by atoms with E-state index in [2.05, 4.69) is 23.2 Å². The van der Waals surface area contributed by atoms with Crippen LogP contribution >= 0.6 is 11.6 Å². The van der Waals surface area contributed by atoms with Crippen LogP contribution in [0.5, 0.6) is 5.75 Å². The molecule has 1 aromatic rings. The molecule has 0 atom stereocenters. The Morgan fingerprint density at radius 1 is 1.33 bits per heavy atom. The second kappa shape index (κ2) is 6.98. The standard InChI is InChI=1S/C14H21ClN2O/c1-2-9-18-13-4-3-12(14(15)10-13)11-17-7-5-16-6-8-17/h3-4,10,16H,2,5-9,11H2,1H3. The molecule has 0 bridgehead atoms. The molecule has 1 aliphatic heterocycles. The van der Waals surface area contributed by atoms with Crippen molar-refractivity contribution in [2.75, 3.05) is 32.8 Å². The minimum absolute atomic E-state index is 0.744. The van der Waals surface area contributed by atoms with Gasteiger partial charge < -0.3 is 10.1 Å². The summed E-state index contributed by atoms with van der Waals surface area (Å²) in [7, 11) is 0. The first kappa shape index (κ1) is 13.7. The predicted octanol–water partition coefficient (Wildman–Crippen LogP) is 2.53. The maximum absolute atomic E-state index is 6.31. The number of hydrogen-bond acceptors (Lipinski definition) is 3. The largest absolute Gasteiger partial charge is 0.494 e. The molecule has 2 rings (SSSR count). The number of rotatable bonds is 5. The summed E-state index contributed by atoms with van der Waals surface area (Å²) in [5.74, 6) is 0.867. The van der Waals surface area contributed by atoms with Gasteiger partial charge in [-0.3, -0.25) is 4.90 Å². The number of hydrogen-bond donors (Lipinski definition) is 1. The van der Waals surface area contributed by atoms with Crippen LogP contribution in [-0.4, -0.2) is 37.7 Å². The van der Waals surface area contributed by atoms with E-state index in [0.717, 1.165) is 56.5 Å². The van der Waals surface area contributed by atoms with Crippen molar-refractivity contribution in [1.82, 2.24) is 10.2 Å². The summed E-state index contributed by atoms with van der Waals surface area (Å²) < 4.78 is 5.57. The van der Waals surface area contributed by atoms with Crippen LogP contribution in [-0.2, 0) is 6.54 Å². The van der Waals surface area contributed by atoms with Crippen LogP contribution in [0.25, 0.3) is 0 Å². The highest BCUT2D eigenvalue weighted by Crippen LogP contribution is 2.24. The highest BCUT2D eigenvalue weighted by molar-refractivity contribution is 6.31. The molecule has 3 nitrogen and oxygen atoms in total. The van der Waals surface area contributed by atoms with Gasteiger partial charge in [-0.15, -0.1) is 0 Å². The number of ether oxygens (including phenoxy) is 1. The molecule has 0 spiro atoms. The molecule has 1 aliphatic rings. The molecule has 4 heteroatoms. The highest BCUT2D eigenvalue weighted by atomic mass is 35.5. The van der Waals surface area contributed by atoms with E-state index in [1.165, 1.54) is 5.56 Å². The fourth-order valence-electron chi connectivity index (χ4n) is 2.08. The Morgan fingerprint density at radius 2 is 2.11 bits per heavy atom. The molecule has 1 heterocycles. The summed E-state index contributed by atoms with van der Waals surface area (Å²) in [5.41, 5.74) is 1.18. The zero-order valence-electron chi connectivity index (χ0n) is 10.9. The van der Waals surface area contributed by atoms with Crippen LogP contribution in [0.2, 0.25) is 5.02 Å². The molecule has 0 radical (unpaired) electrons. The molecule has 1 saturated heterocycles. The first-order chi connectivity index (χ1) is 8.79. The molecule has 0 aliphatic carbocycles. The molecule has 1 aromatic carbocycles. The van der Waals surface area contributed by atoms with E-state index in [4.69, 9.17) is 16.3 Å². The molecular weight excluding hydrogens is 248 g/mol. The Morgan fingerprint density at radius 3 is 2.78 bits per heavy atom. The smallest absolute Gasteiger partial charge is 0.120 e. The van der Waals surface area contributed by atoms with Gasteiger partial charge in [0.15, 0.2) is 0 Å². The van der Waals surface area contributed by atoms with Gasteiger partial charge in [-0.25, -0.2) is 0 Å². The van der Waals surface area contributed by atoms with Crippen molar-refractivity contribution in [2.45, 2.75) is 19.9 Å². The Bertz CT molecular complexity index is 378. The normalized spacial score (nSPS) is 16.8. The SMILES string of the molecule is CCCOc1ccc(CN2CCNCC2)c(Cl)c1. The average Bonchev–Trinajstić information content (AvgIpc) is 2.40. The van der Waals surface area contributed by atoms with E-state index >= 15 is 0 Å². The van der Waals surface area contributed by atoms with Gasteiger partial charge in [0.2, 0.25) is 0 Å².